The second-order valence-corrected chi connectivity index (χ2v) is 8.30. The van der Waals surface area contributed by atoms with Crippen LogP contribution in [0.15, 0.2) is 75.0 Å². The van der Waals surface area contributed by atoms with Crippen LogP contribution in [0.3, 0.4) is 0 Å². The van der Waals surface area contributed by atoms with Gasteiger partial charge in [0.05, 0.1) is 24.2 Å². The Morgan fingerprint density at radius 2 is 1.94 bits per heavy atom. The van der Waals surface area contributed by atoms with E-state index in [9.17, 15) is 4.79 Å². The number of halogens is 2. The number of fused-ring (bicyclic) bond motifs is 1. The van der Waals surface area contributed by atoms with Gasteiger partial charge in [-0.15, -0.1) is 0 Å². The summed E-state index contributed by atoms with van der Waals surface area (Å²) >= 11 is 9.59. The van der Waals surface area contributed by atoms with Crippen LogP contribution < -0.4 is 15.0 Å². The Morgan fingerprint density at radius 3 is 2.72 bits per heavy atom. The van der Waals surface area contributed by atoms with E-state index in [1.807, 2.05) is 36.4 Å². The lowest BCUT2D eigenvalue weighted by atomic mass is 10.2. The highest BCUT2D eigenvalue weighted by atomic mass is 79.9. The third-order valence-electron chi connectivity index (χ3n) is 4.82. The summed E-state index contributed by atoms with van der Waals surface area (Å²) in [6.45, 7) is 2.06. The molecule has 1 heterocycles. The quantitative estimate of drug-likeness (QED) is 0.316. The van der Waals surface area contributed by atoms with E-state index < -0.39 is 0 Å². The summed E-state index contributed by atoms with van der Waals surface area (Å²) < 4.78 is 13.4. The van der Waals surface area contributed by atoms with Crippen LogP contribution in [-0.4, -0.2) is 23.0 Å². The van der Waals surface area contributed by atoms with Crippen LogP contribution in [0, 0.1) is 6.92 Å². The molecule has 0 saturated heterocycles. The van der Waals surface area contributed by atoms with E-state index in [-0.39, 0.29) is 5.56 Å². The fraction of sp³-hybridized carbons (Fsp3) is 0.125. The maximum absolute atomic E-state index is 12.9. The van der Waals surface area contributed by atoms with Gasteiger partial charge in [-0.2, -0.15) is 9.78 Å². The molecule has 162 valence electrons. The number of ether oxygens (including phenoxy) is 2. The first-order valence-corrected chi connectivity index (χ1v) is 10.9. The van der Waals surface area contributed by atoms with E-state index in [0.29, 0.717) is 39.9 Å². The Kier molecular flexibility index (Phi) is 6.58. The van der Waals surface area contributed by atoms with Crippen molar-refractivity contribution in [3.05, 3.63) is 97.5 Å². The maximum Gasteiger partial charge on any atom is 0.282 e. The van der Waals surface area contributed by atoms with Crippen molar-refractivity contribution in [3.63, 3.8) is 0 Å². The van der Waals surface area contributed by atoms with Crippen molar-refractivity contribution < 1.29 is 9.47 Å². The van der Waals surface area contributed by atoms with Crippen LogP contribution in [0.4, 0.5) is 0 Å². The number of aromatic nitrogens is 2. The highest BCUT2D eigenvalue weighted by Gasteiger charge is 2.09. The summed E-state index contributed by atoms with van der Waals surface area (Å²) in [5, 5.41) is 5.49. The number of benzene rings is 3. The molecule has 3 aromatic carbocycles. The molecule has 4 rings (SSSR count). The van der Waals surface area contributed by atoms with Crippen molar-refractivity contribution in [1.82, 2.24) is 9.66 Å². The first kappa shape index (κ1) is 22.0. The average Bonchev–Trinajstić information content (AvgIpc) is 2.79. The average molecular weight is 513 g/mol. The molecule has 0 amide bonds. The molecule has 1 aromatic heterocycles. The molecule has 8 heteroatoms. The van der Waals surface area contributed by atoms with E-state index in [1.165, 1.54) is 4.68 Å². The van der Waals surface area contributed by atoms with Gasteiger partial charge in [0.1, 0.15) is 12.4 Å². The second-order valence-electron chi connectivity index (χ2n) is 6.97. The number of rotatable bonds is 6. The summed E-state index contributed by atoms with van der Waals surface area (Å²) in [5.41, 5.74) is 2.01. The number of nitrogens with zero attached hydrogens (tertiary/aromatic N) is 3. The van der Waals surface area contributed by atoms with Gasteiger partial charge in [-0.25, -0.2) is 4.98 Å². The Hall–Kier alpha value is -3.16. The molecule has 0 unspecified atom stereocenters. The summed E-state index contributed by atoms with van der Waals surface area (Å²) in [6.07, 6.45) is 1.58. The molecular formula is C24H19BrClN3O3. The Morgan fingerprint density at radius 1 is 1.12 bits per heavy atom. The molecule has 0 fully saturated rings. The minimum atomic E-state index is -0.239. The highest BCUT2D eigenvalue weighted by Crippen LogP contribution is 2.29. The standard InChI is InChI=1S/C24H19BrClN3O3/c1-15-28-21-9-8-18(25)12-19(21)24(30)29(15)27-13-16-7-10-22(23(11-16)31-2)32-14-17-5-3-4-6-20(17)26/h3-13H,14H2,1-2H3. The van der Waals surface area contributed by atoms with Gasteiger partial charge < -0.3 is 9.47 Å². The topological polar surface area (TPSA) is 65.7 Å². The molecule has 0 spiro atoms. The normalized spacial score (nSPS) is 11.2. The van der Waals surface area contributed by atoms with E-state index in [1.54, 1.807) is 44.5 Å². The zero-order valence-electron chi connectivity index (χ0n) is 17.4. The lowest BCUT2D eigenvalue weighted by molar-refractivity contribution is 0.284. The summed E-state index contributed by atoms with van der Waals surface area (Å²) in [7, 11) is 1.57. The first-order chi connectivity index (χ1) is 15.5. The van der Waals surface area contributed by atoms with Gasteiger partial charge in [0, 0.05) is 15.1 Å². The lowest BCUT2D eigenvalue weighted by Crippen LogP contribution is -2.20. The zero-order valence-corrected chi connectivity index (χ0v) is 19.7. The SMILES string of the molecule is COc1cc(C=Nn2c(C)nc3ccc(Br)cc3c2=O)ccc1OCc1ccccc1Cl. The zero-order chi connectivity index (χ0) is 22.7. The minimum absolute atomic E-state index is 0.239. The Balaban J connectivity index is 1.60. The smallest absolute Gasteiger partial charge is 0.282 e. The van der Waals surface area contributed by atoms with Crippen molar-refractivity contribution in [2.45, 2.75) is 13.5 Å². The van der Waals surface area contributed by atoms with Gasteiger partial charge in [-0.3, -0.25) is 4.79 Å². The van der Waals surface area contributed by atoms with Crippen molar-refractivity contribution >= 4 is 44.6 Å². The fourth-order valence-electron chi connectivity index (χ4n) is 3.17. The van der Waals surface area contributed by atoms with E-state index in [4.69, 9.17) is 21.1 Å². The highest BCUT2D eigenvalue weighted by molar-refractivity contribution is 9.10. The van der Waals surface area contributed by atoms with Crippen molar-refractivity contribution in [3.8, 4) is 11.5 Å². The molecule has 6 nitrogen and oxygen atoms in total. The van der Waals surface area contributed by atoms with Gasteiger partial charge in [0.2, 0.25) is 0 Å². The number of methoxy groups -OCH3 is 1. The molecule has 0 radical (unpaired) electrons. The first-order valence-electron chi connectivity index (χ1n) is 9.74. The van der Waals surface area contributed by atoms with E-state index in [2.05, 4.69) is 26.0 Å². The van der Waals surface area contributed by atoms with Crippen molar-refractivity contribution in [2.24, 2.45) is 5.10 Å². The van der Waals surface area contributed by atoms with Crippen LogP contribution in [0.25, 0.3) is 10.9 Å². The molecular weight excluding hydrogens is 494 g/mol. The molecule has 0 N–H and O–H groups in total. The molecule has 4 aromatic rings. The largest absolute Gasteiger partial charge is 0.493 e. The van der Waals surface area contributed by atoms with Crippen molar-refractivity contribution in [2.75, 3.05) is 7.11 Å². The predicted molar refractivity (Wildman–Crippen MR) is 130 cm³/mol. The van der Waals surface area contributed by atoms with E-state index >= 15 is 0 Å². The molecule has 32 heavy (non-hydrogen) atoms. The maximum atomic E-state index is 12.9. The van der Waals surface area contributed by atoms with Gasteiger partial charge in [-0.05, 0) is 55.0 Å². The van der Waals surface area contributed by atoms with Gasteiger partial charge in [0.25, 0.3) is 5.56 Å². The number of hydrogen-bond donors (Lipinski definition) is 0. The minimum Gasteiger partial charge on any atom is -0.493 e. The number of hydrogen-bond acceptors (Lipinski definition) is 5. The second kappa shape index (κ2) is 9.54. The Labute approximate surface area is 198 Å². The van der Waals surface area contributed by atoms with Crippen LogP contribution in [0.2, 0.25) is 5.02 Å². The van der Waals surface area contributed by atoms with Crippen LogP contribution in [-0.2, 0) is 6.61 Å². The monoisotopic (exact) mass is 511 g/mol. The molecule has 0 aliphatic rings. The molecule has 0 aliphatic carbocycles. The van der Waals surface area contributed by atoms with Crippen LogP contribution in [0.5, 0.6) is 11.5 Å². The lowest BCUT2D eigenvalue weighted by Gasteiger charge is -2.12. The molecule has 0 atom stereocenters. The number of aryl methyl sites for hydroxylation is 1. The molecule has 0 saturated carbocycles. The van der Waals surface area contributed by atoms with Gasteiger partial charge in [-0.1, -0.05) is 45.7 Å². The summed E-state index contributed by atoms with van der Waals surface area (Å²) in [6, 6.07) is 18.3. The molecule has 0 bridgehead atoms. The van der Waals surface area contributed by atoms with Crippen molar-refractivity contribution in [1.29, 1.82) is 0 Å². The van der Waals surface area contributed by atoms with Crippen LogP contribution in [0.1, 0.15) is 17.0 Å². The summed E-state index contributed by atoms with van der Waals surface area (Å²) in [5.74, 6) is 1.62. The van der Waals surface area contributed by atoms with Gasteiger partial charge >= 0.3 is 0 Å². The fourth-order valence-corrected chi connectivity index (χ4v) is 3.73. The predicted octanol–water partition coefficient (Wildman–Crippen LogP) is 5.59. The van der Waals surface area contributed by atoms with Gasteiger partial charge in [0.15, 0.2) is 11.5 Å². The van der Waals surface area contributed by atoms with Crippen LogP contribution >= 0.6 is 27.5 Å². The Bertz CT molecular complexity index is 1390. The van der Waals surface area contributed by atoms with E-state index in [0.717, 1.165) is 15.6 Å². The molecule has 0 aliphatic heterocycles. The summed E-state index contributed by atoms with van der Waals surface area (Å²) in [4.78, 5) is 17.4. The third kappa shape index (κ3) is 4.69. The third-order valence-corrected chi connectivity index (χ3v) is 5.68.